The number of likely N-dealkylation sites (N-methyl/N-ethyl adjacent to an activating group) is 1. The van der Waals surface area contributed by atoms with Gasteiger partial charge in [-0.3, -0.25) is 4.90 Å². The quantitative estimate of drug-likeness (QED) is 0.720. The largest absolute Gasteiger partial charge is 0.307 e. The average Bonchev–Trinajstić information content (AvgIpc) is 1.98. The minimum Gasteiger partial charge on any atom is -0.307 e. The van der Waals surface area contributed by atoms with Gasteiger partial charge in [-0.15, -0.1) is 6.58 Å². The van der Waals surface area contributed by atoms with Crippen LogP contribution >= 0.6 is 0 Å². The molecule has 0 radical (unpaired) electrons. The second-order valence-electron chi connectivity index (χ2n) is 6.18. The summed E-state index contributed by atoms with van der Waals surface area (Å²) < 4.78 is 0. The normalized spacial score (nSPS) is 25.5. The zero-order valence-corrected chi connectivity index (χ0v) is 10.9. The number of piperidine rings is 1. The van der Waals surface area contributed by atoms with Crippen LogP contribution in [0.25, 0.3) is 0 Å². The zero-order chi connectivity index (χ0) is 11.7. The van der Waals surface area contributed by atoms with Crippen molar-refractivity contribution in [2.24, 2.45) is 0 Å². The fourth-order valence-corrected chi connectivity index (χ4v) is 2.93. The first-order valence-corrected chi connectivity index (χ1v) is 5.86. The summed E-state index contributed by atoms with van der Waals surface area (Å²) in [5, 5.41) is 3.71. The van der Waals surface area contributed by atoms with Gasteiger partial charge in [0.15, 0.2) is 0 Å². The molecule has 2 heteroatoms. The van der Waals surface area contributed by atoms with Gasteiger partial charge in [-0.1, -0.05) is 6.08 Å². The van der Waals surface area contributed by atoms with Crippen molar-refractivity contribution in [2.75, 3.05) is 13.6 Å². The monoisotopic (exact) mass is 210 g/mol. The van der Waals surface area contributed by atoms with Crippen molar-refractivity contribution < 1.29 is 0 Å². The van der Waals surface area contributed by atoms with E-state index in [0.29, 0.717) is 6.04 Å². The van der Waals surface area contributed by atoms with Crippen LogP contribution in [0.4, 0.5) is 0 Å². The highest BCUT2D eigenvalue weighted by Crippen LogP contribution is 2.30. The Hall–Kier alpha value is -0.340. The van der Waals surface area contributed by atoms with E-state index in [4.69, 9.17) is 0 Å². The van der Waals surface area contributed by atoms with Gasteiger partial charge in [0.1, 0.15) is 0 Å². The van der Waals surface area contributed by atoms with E-state index in [9.17, 15) is 0 Å². The highest BCUT2D eigenvalue weighted by molar-refractivity contribution is 5.00. The van der Waals surface area contributed by atoms with Gasteiger partial charge in [0.25, 0.3) is 0 Å². The Kier molecular flexibility index (Phi) is 3.62. The molecule has 1 rings (SSSR count). The number of nitrogens with one attached hydrogen (secondary N) is 1. The first kappa shape index (κ1) is 12.7. The number of nitrogens with zero attached hydrogens (tertiary/aromatic N) is 1. The molecule has 1 N–H and O–H groups in total. The van der Waals surface area contributed by atoms with Gasteiger partial charge in [-0.05, 0) is 47.6 Å². The van der Waals surface area contributed by atoms with Crippen molar-refractivity contribution in [3.63, 3.8) is 0 Å². The maximum Gasteiger partial charge on any atom is 0.0160 e. The first-order chi connectivity index (χ1) is 6.76. The molecule has 2 nitrogen and oxygen atoms in total. The van der Waals surface area contributed by atoms with E-state index in [2.05, 4.69) is 51.5 Å². The third-order valence-electron chi connectivity index (χ3n) is 3.21. The van der Waals surface area contributed by atoms with Crippen LogP contribution in [0.3, 0.4) is 0 Å². The molecule has 0 bridgehead atoms. The van der Waals surface area contributed by atoms with E-state index >= 15 is 0 Å². The molecule has 0 aromatic rings. The van der Waals surface area contributed by atoms with Crippen LogP contribution in [0.15, 0.2) is 12.7 Å². The lowest BCUT2D eigenvalue weighted by Crippen LogP contribution is -2.61. The lowest BCUT2D eigenvalue weighted by Gasteiger charge is -2.48. The van der Waals surface area contributed by atoms with E-state index in [1.807, 2.05) is 6.08 Å². The van der Waals surface area contributed by atoms with E-state index < -0.39 is 0 Å². The van der Waals surface area contributed by atoms with Crippen molar-refractivity contribution in [3.8, 4) is 0 Å². The van der Waals surface area contributed by atoms with Crippen molar-refractivity contribution in [2.45, 2.75) is 57.7 Å². The maximum absolute atomic E-state index is 3.81. The Morgan fingerprint density at radius 2 is 1.73 bits per heavy atom. The maximum atomic E-state index is 3.81. The van der Waals surface area contributed by atoms with Gasteiger partial charge in [0.05, 0.1) is 0 Å². The van der Waals surface area contributed by atoms with Crippen LogP contribution in [0.1, 0.15) is 40.5 Å². The second-order valence-corrected chi connectivity index (χ2v) is 6.18. The zero-order valence-electron chi connectivity index (χ0n) is 10.9. The van der Waals surface area contributed by atoms with Crippen LogP contribution in [-0.2, 0) is 0 Å². The third-order valence-corrected chi connectivity index (χ3v) is 3.21. The smallest absolute Gasteiger partial charge is 0.0160 e. The molecule has 0 aromatic heterocycles. The van der Waals surface area contributed by atoms with Crippen LogP contribution in [0.5, 0.6) is 0 Å². The SMILES string of the molecule is C=CCN(C)C1CC(C)(C)NC(C)(C)C1. The Morgan fingerprint density at radius 3 is 2.13 bits per heavy atom. The topological polar surface area (TPSA) is 15.3 Å². The van der Waals surface area contributed by atoms with Gasteiger partial charge < -0.3 is 5.32 Å². The van der Waals surface area contributed by atoms with Crippen LogP contribution in [0, 0.1) is 0 Å². The van der Waals surface area contributed by atoms with Gasteiger partial charge in [0, 0.05) is 23.7 Å². The lowest BCUT2D eigenvalue weighted by atomic mass is 9.79. The first-order valence-electron chi connectivity index (χ1n) is 5.86. The lowest BCUT2D eigenvalue weighted by molar-refractivity contribution is 0.0879. The van der Waals surface area contributed by atoms with Crippen LogP contribution in [0.2, 0.25) is 0 Å². The molecule has 0 saturated carbocycles. The van der Waals surface area contributed by atoms with Crippen LogP contribution in [-0.4, -0.2) is 35.6 Å². The summed E-state index contributed by atoms with van der Waals surface area (Å²) in [7, 11) is 2.20. The second kappa shape index (κ2) is 4.26. The summed E-state index contributed by atoms with van der Waals surface area (Å²) >= 11 is 0. The van der Waals surface area contributed by atoms with Gasteiger partial charge in [-0.25, -0.2) is 0 Å². The van der Waals surface area contributed by atoms with Crippen molar-refractivity contribution >= 4 is 0 Å². The number of hydrogen-bond donors (Lipinski definition) is 1. The minimum atomic E-state index is 0.238. The Labute approximate surface area is 94.7 Å². The van der Waals surface area contributed by atoms with Gasteiger partial charge >= 0.3 is 0 Å². The molecule has 88 valence electrons. The number of hydrogen-bond acceptors (Lipinski definition) is 2. The summed E-state index contributed by atoms with van der Waals surface area (Å²) in [6.07, 6.45) is 4.41. The van der Waals surface area contributed by atoms with Crippen molar-refractivity contribution in [1.82, 2.24) is 10.2 Å². The molecule has 1 aliphatic heterocycles. The summed E-state index contributed by atoms with van der Waals surface area (Å²) in [6, 6.07) is 0.661. The van der Waals surface area contributed by atoms with E-state index in [1.165, 1.54) is 12.8 Å². The molecule has 0 aromatic carbocycles. The van der Waals surface area contributed by atoms with E-state index in [1.54, 1.807) is 0 Å². The number of rotatable bonds is 3. The van der Waals surface area contributed by atoms with Crippen molar-refractivity contribution in [1.29, 1.82) is 0 Å². The summed E-state index contributed by atoms with van der Waals surface area (Å²) in [6.45, 7) is 14.0. The predicted molar refractivity (Wildman–Crippen MR) is 67.1 cm³/mol. The molecule has 0 spiro atoms. The van der Waals surface area contributed by atoms with Gasteiger partial charge in [0.2, 0.25) is 0 Å². The summed E-state index contributed by atoms with van der Waals surface area (Å²) in [5.74, 6) is 0. The molecule has 15 heavy (non-hydrogen) atoms. The minimum absolute atomic E-state index is 0.238. The molecule has 1 aliphatic rings. The molecule has 1 fully saturated rings. The highest BCUT2D eigenvalue weighted by atomic mass is 15.2. The molecular formula is C13H26N2. The third kappa shape index (κ3) is 3.62. The fraction of sp³-hybridized carbons (Fsp3) is 0.846. The standard InChI is InChI=1S/C13H26N2/c1-7-8-15(6)11-9-12(2,3)14-13(4,5)10-11/h7,11,14H,1,8-10H2,2-6H3. The highest BCUT2D eigenvalue weighted by Gasteiger charge is 2.38. The Morgan fingerprint density at radius 1 is 1.27 bits per heavy atom. The molecule has 0 amide bonds. The molecule has 1 saturated heterocycles. The molecule has 0 atom stereocenters. The van der Waals surface area contributed by atoms with E-state index in [0.717, 1.165) is 6.54 Å². The Bertz CT molecular complexity index is 215. The van der Waals surface area contributed by atoms with Crippen molar-refractivity contribution in [3.05, 3.63) is 12.7 Å². The summed E-state index contributed by atoms with van der Waals surface area (Å²) in [5.41, 5.74) is 0.476. The molecule has 0 unspecified atom stereocenters. The van der Waals surface area contributed by atoms with Crippen LogP contribution < -0.4 is 5.32 Å². The predicted octanol–water partition coefficient (Wildman–Crippen LogP) is 2.41. The van der Waals surface area contributed by atoms with Gasteiger partial charge in [-0.2, -0.15) is 0 Å². The fourth-order valence-electron chi connectivity index (χ4n) is 2.93. The molecule has 1 heterocycles. The Balaban J connectivity index is 2.70. The molecular weight excluding hydrogens is 184 g/mol. The average molecular weight is 210 g/mol. The summed E-state index contributed by atoms with van der Waals surface area (Å²) in [4.78, 5) is 2.41. The van der Waals surface area contributed by atoms with E-state index in [-0.39, 0.29) is 11.1 Å². The molecule has 0 aliphatic carbocycles.